The first-order valence-corrected chi connectivity index (χ1v) is 11.6. The van der Waals surface area contributed by atoms with Gasteiger partial charge in [0.15, 0.2) is 5.76 Å². The molecule has 0 spiro atoms. The van der Waals surface area contributed by atoms with Crippen LogP contribution in [-0.2, 0) is 9.59 Å². The van der Waals surface area contributed by atoms with E-state index in [1.165, 1.54) is 11.8 Å². The maximum absolute atomic E-state index is 13.0. The third-order valence-corrected chi connectivity index (χ3v) is 6.71. The van der Waals surface area contributed by atoms with E-state index in [4.69, 9.17) is 4.42 Å². The lowest BCUT2D eigenvalue weighted by Crippen LogP contribution is -2.53. The van der Waals surface area contributed by atoms with E-state index in [2.05, 4.69) is 10.2 Å². The second-order valence-corrected chi connectivity index (χ2v) is 8.99. The molecule has 2 aromatic rings. The monoisotopic (exact) mass is 452 g/mol. The molecule has 0 saturated carbocycles. The van der Waals surface area contributed by atoms with Gasteiger partial charge in [0.05, 0.1) is 12.8 Å². The van der Waals surface area contributed by atoms with Crippen molar-refractivity contribution in [2.45, 2.75) is 26.7 Å². The topological polar surface area (TPSA) is 86.1 Å². The van der Waals surface area contributed by atoms with E-state index < -0.39 is 0 Å². The van der Waals surface area contributed by atoms with E-state index in [1.54, 1.807) is 17.0 Å². The Morgan fingerprint density at radius 2 is 1.64 bits per heavy atom. The fourth-order valence-corrected chi connectivity index (χ4v) is 4.51. The SMILES string of the molecule is Cc1ccc(NC(=O)CN2CCC(C(=O)N3CCN(C(=O)c4ccco4)CC3)CC2)cc1C. The zero-order valence-electron chi connectivity index (χ0n) is 19.4. The molecule has 33 heavy (non-hydrogen) atoms. The smallest absolute Gasteiger partial charge is 0.289 e. The highest BCUT2D eigenvalue weighted by Gasteiger charge is 2.32. The Kier molecular flexibility index (Phi) is 7.13. The number of hydrogen-bond donors (Lipinski definition) is 1. The fraction of sp³-hybridized carbons (Fsp3) is 0.480. The van der Waals surface area contributed by atoms with Crippen molar-refractivity contribution in [3.63, 3.8) is 0 Å². The lowest BCUT2D eigenvalue weighted by molar-refractivity contribution is -0.138. The number of aryl methyl sites for hydroxylation is 2. The second-order valence-electron chi connectivity index (χ2n) is 8.99. The maximum atomic E-state index is 13.0. The summed E-state index contributed by atoms with van der Waals surface area (Å²) in [5.41, 5.74) is 3.17. The molecule has 3 heterocycles. The van der Waals surface area contributed by atoms with Crippen LogP contribution in [0.1, 0.15) is 34.5 Å². The number of hydrogen-bond acceptors (Lipinski definition) is 5. The number of amides is 3. The molecule has 2 saturated heterocycles. The third-order valence-electron chi connectivity index (χ3n) is 6.71. The molecular formula is C25H32N4O4. The van der Waals surface area contributed by atoms with Crippen molar-refractivity contribution in [2.75, 3.05) is 51.1 Å². The van der Waals surface area contributed by atoms with Gasteiger partial charge in [0.1, 0.15) is 0 Å². The Labute approximate surface area is 194 Å². The Balaban J connectivity index is 1.19. The van der Waals surface area contributed by atoms with E-state index in [9.17, 15) is 14.4 Å². The molecule has 3 amide bonds. The minimum atomic E-state index is -0.125. The van der Waals surface area contributed by atoms with Crippen molar-refractivity contribution in [1.29, 1.82) is 0 Å². The van der Waals surface area contributed by atoms with Crippen LogP contribution in [0.4, 0.5) is 5.69 Å². The van der Waals surface area contributed by atoms with Gasteiger partial charge in [-0.1, -0.05) is 6.07 Å². The summed E-state index contributed by atoms with van der Waals surface area (Å²) in [7, 11) is 0. The van der Waals surface area contributed by atoms with E-state index >= 15 is 0 Å². The molecule has 1 aromatic carbocycles. The molecule has 8 heteroatoms. The highest BCUT2D eigenvalue weighted by Crippen LogP contribution is 2.21. The van der Waals surface area contributed by atoms with Gasteiger partial charge in [0, 0.05) is 37.8 Å². The molecule has 0 aliphatic carbocycles. The maximum Gasteiger partial charge on any atom is 0.289 e. The van der Waals surface area contributed by atoms with E-state index in [-0.39, 0.29) is 23.6 Å². The molecule has 1 aromatic heterocycles. The number of nitrogens with zero attached hydrogens (tertiary/aromatic N) is 3. The molecule has 2 aliphatic heterocycles. The molecule has 0 unspecified atom stereocenters. The van der Waals surface area contributed by atoms with Gasteiger partial charge in [0.25, 0.3) is 5.91 Å². The zero-order chi connectivity index (χ0) is 23.4. The molecule has 1 N–H and O–H groups in total. The Morgan fingerprint density at radius 1 is 0.939 bits per heavy atom. The van der Waals surface area contributed by atoms with Crippen LogP contribution in [0.3, 0.4) is 0 Å². The second kappa shape index (κ2) is 10.2. The fourth-order valence-electron chi connectivity index (χ4n) is 4.51. The average molecular weight is 453 g/mol. The average Bonchev–Trinajstić information content (AvgIpc) is 3.36. The summed E-state index contributed by atoms with van der Waals surface area (Å²) in [5, 5.41) is 2.97. The first kappa shape index (κ1) is 23.0. The van der Waals surface area contributed by atoms with Crippen LogP contribution in [0.2, 0.25) is 0 Å². The Morgan fingerprint density at radius 3 is 2.27 bits per heavy atom. The minimum Gasteiger partial charge on any atom is -0.459 e. The van der Waals surface area contributed by atoms with Gasteiger partial charge in [-0.3, -0.25) is 19.3 Å². The summed E-state index contributed by atoms with van der Waals surface area (Å²) in [5.74, 6) is 0.333. The number of piperidine rings is 1. The van der Waals surface area contributed by atoms with Crippen LogP contribution in [0.5, 0.6) is 0 Å². The predicted octanol–water partition coefficient (Wildman–Crippen LogP) is 2.53. The van der Waals surface area contributed by atoms with Gasteiger partial charge in [-0.2, -0.15) is 0 Å². The van der Waals surface area contributed by atoms with Crippen LogP contribution in [0, 0.1) is 19.8 Å². The molecule has 2 aliphatic rings. The summed E-state index contributed by atoms with van der Waals surface area (Å²) in [6.07, 6.45) is 3.00. The van der Waals surface area contributed by atoms with Crippen LogP contribution in [0.15, 0.2) is 41.0 Å². The molecule has 2 fully saturated rings. The number of likely N-dealkylation sites (tertiary alicyclic amines) is 1. The standard InChI is InChI=1S/C25H32N4O4/c1-18-5-6-21(16-19(18)2)26-23(30)17-27-9-7-20(8-10-27)24(31)28-11-13-29(14-12-28)25(32)22-4-3-15-33-22/h3-6,15-16,20H,7-14,17H2,1-2H3,(H,26,30). The largest absolute Gasteiger partial charge is 0.459 e. The summed E-state index contributed by atoms with van der Waals surface area (Å²) in [6.45, 7) is 8.00. The molecule has 4 rings (SSSR count). The number of carbonyl (C=O) groups is 3. The van der Waals surface area contributed by atoms with Crippen molar-refractivity contribution >= 4 is 23.4 Å². The number of piperazine rings is 1. The molecule has 176 valence electrons. The normalized spacial score (nSPS) is 17.8. The lowest BCUT2D eigenvalue weighted by atomic mass is 9.95. The number of nitrogens with one attached hydrogen (secondary N) is 1. The predicted molar refractivity (Wildman–Crippen MR) is 125 cm³/mol. The van der Waals surface area contributed by atoms with Gasteiger partial charge >= 0.3 is 0 Å². The molecular weight excluding hydrogens is 420 g/mol. The van der Waals surface area contributed by atoms with Crippen LogP contribution in [0.25, 0.3) is 0 Å². The van der Waals surface area contributed by atoms with Crippen molar-refractivity contribution in [3.05, 3.63) is 53.5 Å². The molecule has 0 radical (unpaired) electrons. The highest BCUT2D eigenvalue weighted by atomic mass is 16.3. The lowest BCUT2D eigenvalue weighted by Gasteiger charge is -2.38. The van der Waals surface area contributed by atoms with Crippen LogP contribution >= 0.6 is 0 Å². The summed E-state index contributed by atoms with van der Waals surface area (Å²) < 4.78 is 5.19. The van der Waals surface area contributed by atoms with Crippen molar-refractivity contribution < 1.29 is 18.8 Å². The quantitative estimate of drug-likeness (QED) is 0.754. The Hall–Kier alpha value is -3.13. The minimum absolute atomic E-state index is 0.0172. The van der Waals surface area contributed by atoms with Gasteiger partial charge < -0.3 is 19.5 Å². The third kappa shape index (κ3) is 5.63. The summed E-state index contributed by atoms with van der Waals surface area (Å²) >= 11 is 0. The van der Waals surface area contributed by atoms with E-state index in [0.717, 1.165) is 37.2 Å². The molecule has 0 bridgehead atoms. The van der Waals surface area contributed by atoms with E-state index in [0.29, 0.717) is 38.5 Å². The molecule has 0 atom stereocenters. The van der Waals surface area contributed by atoms with Gasteiger partial charge in [-0.25, -0.2) is 0 Å². The first-order chi connectivity index (χ1) is 15.9. The highest BCUT2D eigenvalue weighted by molar-refractivity contribution is 5.92. The van der Waals surface area contributed by atoms with Gasteiger partial charge in [0.2, 0.25) is 11.8 Å². The van der Waals surface area contributed by atoms with Crippen LogP contribution in [-0.4, -0.2) is 78.2 Å². The Bertz CT molecular complexity index is 988. The summed E-state index contributed by atoms with van der Waals surface area (Å²) in [6, 6.07) is 9.28. The van der Waals surface area contributed by atoms with Gasteiger partial charge in [-0.15, -0.1) is 0 Å². The number of benzene rings is 1. The number of rotatable bonds is 5. The van der Waals surface area contributed by atoms with Crippen molar-refractivity contribution in [2.24, 2.45) is 5.92 Å². The van der Waals surface area contributed by atoms with Gasteiger partial charge in [-0.05, 0) is 75.2 Å². The van der Waals surface area contributed by atoms with E-state index in [1.807, 2.05) is 36.9 Å². The van der Waals surface area contributed by atoms with Crippen LogP contribution < -0.4 is 5.32 Å². The van der Waals surface area contributed by atoms with Crippen molar-refractivity contribution in [3.8, 4) is 0 Å². The zero-order valence-corrected chi connectivity index (χ0v) is 19.4. The number of furan rings is 1. The number of carbonyl (C=O) groups excluding carboxylic acids is 3. The molecule has 8 nitrogen and oxygen atoms in total. The number of anilines is 1. The first-order valence-electron chi connectivity index (χ1n) is 11.6. The van der Waals surface area contributed by atoms with Crippen molar-refractivity contribution in [1.82, 2.24) is 14.7 Å². The summed E-state index contributed by atoms with van der Waals surface area (Å²) in [4.78, 5) is 43.6.